The third kappa shape index (κ3) is 4.67. The zero-order chi connectivity index (χ0) is 22.5. The Labute approximate surface area is 185 Å². The Bertz CT molecular complexity index is 1360. The third-order valence-electron chi connectivity index (χ3n) is 5.36. The number of benzene rings is 2. The van der Waals surface area contributed by atoms with E-state index in [0.717, 1.165) is 16.7 Å². The Kier molecular flexibility index (Phi) is 6.26. The van der Waals surface area contributed by atoms with Gasteiger partial charge in [-0.05, 0) is 36.6 Å². The summed E-state index contributed by atoms with van der Waals surface area (Å²) in [6.07, 6.45) is 2.04. The van der Waals surface area contributed by atoms with E-state index >= 15 is 0 Å². The maximum absolute atomic E-state index is 13.2. The molecule has 0 radical (unpaired) electrons. The molecule has 0 saturated heterocycles. The number of nitrogens with one attached hydrogen (secondary N) is 1. The normalized spacial score (nSPS) is 10.9. The van der Waals surface area contributed by atoms with Crippen molar-refractivity contribution in [2.75, 3.05) is 0 Å². The number of nitrogens with zero attached hydrogens (tertiary/aromatic N) is 3. The highest BCUT2D eigenvalue weighted by Gasteiger charge is 2.16. The Balaban J connectivity index is 1.61. The topological polar surface area (TPSA) is 86.0 Å². The van der Waals surface area contributed by atoms with Gasteiger partial charge in [-0.1, -0.05) is 60.2 Å². The number of carbonyl (C=O) groups excluding carboxylic acids is 1. The van der Waals surface area contributed by atoms with Crippen LogP contribution in [0.4, 0.5) is 0 Å². The summed E-state index contributed by atoms with van der Waals surface area (Å²) in [5.74, 6) is -0.326. The molecule has 0 aliphatic heterocycles. The molecule has 0 aliphatic rings. The van der Waals surface area contributed by atoms with Crippen LogP contribution in [0.2, 0.25) is 0 Å². The van der Waals surface area contributed by atoms with Crippen LogP contribution in [0.5, 0.6) is 0 Å². The highest BCUT2D eigenvalue weighted by molar-refractivity contribution is 5.79. The minimum Gasteiger partial charge on any atom is -0.350 e. The molecule has 0 fully saturated rings. The van der Waals surface area contributed by atoms with Gasteiger partial charge < -0.3 is 5.32 Å². The first-order valence-corrected chi connectivity index (χ1v) is 10.5. The molecular weight excluding hydrogens is 404 g/mol. The van der Waals surface area contributed by atoms with E-state index in [1.54, 1.807) is 12.1 Å². The van der Waals surface area contributed by atoms with Gasteiger partial charge in [-0.3, -0.25) is 18.7 Å². The molecule has 162 valence electrons. The Morgan fingerprint density at radius 1 is 0.906 bits per heavy atom. The standard InChI is InChI=1S/C25H24N4O3/c1-18-9-11-20(12-10-18)16-27-22(30)17-29-23-21(8-5-14-26-23)24(31)28(25(29)32)15-13-19-6-3-2-4-7-19/h2-12,14H,13,15-17H2,1H3,(H,27,30). The van der Waals surface area contributed by atoms with Crippen molar-refractivity contribution >= 4 is 16.9 Å². The van der Waals surface area contributed by atoms with E-state index in [2.05, 4.69) is 10.3 Å². The maximum atomic E-state index is 13.2. The van der Waals surface area contributed by atoms with Gasteiger partial charge in [0.05, 0.1) is 5.39 Å². The molecule has 32 heavy (non-hydrogen) atoms. The average molecular weight is 428 g/mol. The smallest absolute Gasteiger partial charge is 0.333 e. The van der Waals surface area contributed by atoms with E-state index < -0.39 is 11.2 Å². The summed E-state index contributed by atoms with van der Waals surface area (Å²) in [6.45, 7) is 2.35. The van der Waals surface area contributed by atoms with Crippen LogP contribution >= 0.6 is 0 Å². The lowest BCUT2D eigenvalue weighted by atomic mass is 10.1. The predicted octanol–water partition coefficient (Wildman–Crippen LogP) is 2.43. The van der Waals surface area contributed by atoms with Crippen LogP contribution in [0.15, 0.2) is 82.5 Å². The minimum atomic E-state index is -0.539. The fraction of sp³-hybridized carbons (Fsp3) is 0.200. The highest BCUT2D eigenvalue weighted by Crippen LogP contribution is 2.06. The summed E-state index contributed by atoms with van der Waals surface area (Å²) >= 11 is 0. The van der Waals surface area contributed by atoms with Crippen LogP contribution in [-0.4, -0.2) is 20.0 Å². The van der Waals surface area contributed by atoms with Crippen LogP contribution in [0, 0.1) is 6.92 Å². The zero-order valence-electron chi connectivity index (χ0n) is 17.8. The van der Waals surface area contributed by atoms with Gasteiger partial charge in [-0.25, -0.2) is 9.78 Å². The fourth-order valence-electron chi connectivity index (χ4n) is 3.58. The number of fused-ring (bicyclic) bond motifs is 1. The van der Waals surface area contributed by atoms with Gasteiger partial charge in [-0.15, -0.1) is 0 Å². The monoisotopic (exact) mass is 428 g/mol. The first-order valence-electron chi connectivity index (χ1n) is 10.5. The zero-order valence-corrected chi connectivity index (χ0v) is 17.8. The van der Waals surface area contributed by atoms with Crippen LogP contribution in [0.1, 0.15) is 16.7 Å². The van der Waals surface area contributed by atoms with Crippen molar-refractivity contribution in [2.24, 2.45) is 0 Å². The van der Waals surface area contributed by atoms with Gasteiger partial charge >= 0.3 is 5.69 Å². The fourth-order valence-corrected chi connectivity index (χ4v) is 3.58. The molecule has 0 unspecified atom stereocenters. The van der Waals surface area contributed by atoms with E-state index in [1.807, 2.05) is 61.5 Å². The number of aromatic nitrogens is 3. The molecule has 7 heteroatoms. The lowest BCUT2D eigenvalue weighted by molar-refractivity contribution is -0.121. The van der Waals surface area contributed by atoms with Crippen molar-refractivity contribution in [1.29, 1.82) is 0 Å². The van der Waals surface area contributed by atoms with Gasteiger partial charge in [0.1, 0.15) is 12.2 Å². The molecule has 4 rings (SSSR count). The molecule has 0 bridgehead atoms. The Morgan fingerprint density at radius 2 is 1.66 bits per heavy atom. The van der Waals surface area contributed by atoms with E-state index in [4.69, 9.17) is 0 Å². The summed E-state index contributed by atoms with van der Waals surface area (Å²) in [5.41, 5.74) is 2.40. The Morgan fingerprint density at radius 3 is 2.41 bits per heavy atom. The number of aryl methyl sites for hydroxylation is 2. The third-order valence-corrected chi connectivity index (χ3v) is 5.36. The number of hydrogen-bond donors (Lipinski definition) is 1. The molecule has 1 N–H and O–H groups in total. The molecule has 0 aliphatic carbocycles. The molecule has 0 atom stereocenters. The van der Waals surface area contributed by atoms with Gasteiger partial charge in [0, 0.05) is 19.3 Å². The molecule has 4 aromatic rings. The highest BCUT2D eigenvalue weighted by atomic mass is 16.2. The van der Waals surface area contributed by atoms with E-state index in [1.165, 1.54) is 15.3 Å². The molecule has 2 aromatic heterocycles. The van der Waals surface area contributed by atoms with Crippen molar-refractivity contribution in [1.82, 2.24) is 19.4 Å². The van der Waals surface area contributed by atoms with Crippen molar-refractivity contribution in [3.8, 4) is 0 Å². The van der Waals surface area contributed by atoms with E-state index in [-0.39, 0.29) is 24.6 Å². The van der Waals surface area contributed by atoms with Gasteiger partial charge in [0.2, 0.25) is 5.91 Å². The first-order chi connectivity index (χ1) is 15.5. The van der Waals surface area contributed by atoms with Crippen molar-refractivity contribution in [3.63, 3.8) is 0 Å². The summed E-state index contributed by atoms with van der Waals surface area (Å²) < 4.78 is 2.45. The van der Waals surface area contributed by atoms with Crippen LogP contribution < -0.4 is 16.6 Å². The van der Waals surface area contributed by atoms with Crippen molar-refractivity contribution < 1.29 is 4.79 Å². The maximum Gasteiger partial charge on any atom is 0.333 e. The number of hydrogen-bond acceptors (Lipinski definition) is 4. The molecule has 2 aromatic carbocycles. The molecular formula is C25H24N4O3. The molecule has 7 nitrogen and oxygen atoms in total. The lowest BCUT2D eigenvalue weighted by Crippen LogP contribution is -2.43. The SMILES string of the molecule is Cc1ccc(CNC(=O)Cn2c(=O)n(CCc3ccccc3)c(=O)c3cccnc32)cc1. The Hall–Kier alpha value is -4.00. The van der Waals surface area contributed by atoms with Gasteiger partial charge in [0.25, 0.3) is 5.56 Å². The van der Waals surface area contributed by atoms with Crippen molar-refractivity contribution in [3.05, 3.63) is 110 Å². The van der Waals surface area contributed by atoms with E-state index in [0.29, 0.717) is 18.4 Å². The van der Waals surface area contributed by atoms with Crippen LogP contribution in [0.25, 0.3) is 11.0 Å². The molecule has 0 spiro atoms. The number of rotatable bonds is 7. The minimum absolute atomic E-state index is 0.212. The van der Waals surface area contributed by atoms with Gasteiger partial charge in [-0.2, -0.15) is 0 Å². The lowest BCUT2D eigenvalue weighted by Gasteiger charge is -2.13. The largest absolute Gasteiger partial charge is 0.350 e. The summed E-state index contributed by atoms with van der Waals surface area (Å²) in [6, 6.07) is 20.8. The molecule has 2 heterocycles. The quantitative estimate of drug-likeness (QED) is 0.490. The first kappa shape index (κ1) is 21.2. The summed E-state index contributed by atoms with van der Waals surface area (Å²) in [5, 5.41) is 3.15. The summed E-state index contributed by atoms with van der Waals surface area (Å²) in [4.78, 5) is 43.0. The second kappa shape index (κ2) is 9.43. The average Bonchev–Trinajstić information content (AvgIpc) is 2.82. The number of amides is 1. The number of pyridine rings is 1. The summed E-state index contributed by atoms with van der Waals surface area (Å²) in [7, 11) is 0. The van der Waals surface area contributed by atoms with Crippen molar-refractivity contribution in [2.45, 2.75) is 33.0 Å². The predicted molar refractivity (Wildman–Crippen MR) is 123 cm³/mol. The molecule has 0 saturated carbocycles. The molecule has 1 amide bonds. The van der Waals surface area contributed by atoms with E-state index in [9.17, 15) is 14.4 Å². The second-order valence-electron chi connectivity index (χ2n) is 7.70. The second-order valence-corrected chi connectivity index (χ2v) is 7.70. The van der Waals surface area contributed by atoms with Gasteiger partial charge in [0.15, 0.2) is 0 Å². The van der Waals surface area contributed by atoms with Crippen LogP contribution in [-0.2, 0) is 30.8 Å². The number of carbonyl (C=O) groups is 1. The van der Waals surface area contributed by atoms with Crippen LogP contribution in [0.3, 0.4) is 0 Å².